The van der Waals surface area contributed by atoms with Gasteiger partial charge in [0.1, 0.15) is 17.7 Å². The van der Waals surface area contributed by atoms with Crippen molar-refractivity contribution in [2.75, 3.05) is 25.6 Å². The molecule has 3 aliphatic heterocycles. The molecule has 5 rings (SSSR count). The number of nitrogens with two attached hydrogens (primary N) is 1. The first-order valence-electron chi connectivity index (χ1n) is 13.0. The number of carbonyl (C=O) groups is 2. The third-order valence-electron chi connectivity index (χ3n) is 7.08. The highest BCUT2D eigenvalue weighted by Crippen LogP contribution is 2.37. The summed E-state index contributed by atoms with van der Waals surface area (Å²) in [6, 6.07) is 10.7. The first-order valence-corrected chi connectivity index (χ1v) is 13.0. The molecule has 2 aromatic rings. The number of fused-ring (bicyclic) bond motifs is 1. The maximum atomic E-state index is 12.9. The van der Waals surface area contributed by atoms with Gasteiger partial charge in [-0.3, -0.25) is 14.6 Å². The number of aromatic nitrogens is 1. The van der Waals surface area contributed by atoms with E-state index in [1.165, 1.54) is 0 Å². The number of rotatable bonds is 8. The summed E-state index contributed by atoms with van der Waals surface area (Å²) in [5.41, 5.74) is 3.81. The smallest absolute Gasteiger partial charge is 0.264 e. The van der Waals surface area contributed by atoms with Gasteiger partial charge in [0.25, 0.3) is 11.7 Å². The van der Waals surface area contributed by atoms with Crippen molar-refractivity contribution in [1.29, 1.82) is 0 Å². The van der Waals surface area contributed by atoms with E-state index in [9.17, 15) is 9.59 Å². The van der Waals surface area contributed by atoms with Crippen molar-refractivity contribution in [3.8, 4) is 0 Å². The van der Waals surface area contributed by atoms with Crippen molar-refractivity contribution in [1.82, 2.24) is 9.88 Å². The number of amidine groups is 1. The van der Waals surface area contributed by atoms with Crippen LogP contribution in [0.5, 0.6) is 0 Å². The SMILES string of the molecule is CCc1ccnc(NC(=O)c2ccc(C3=NC(C4CCCN4C(=O)/C=C/COC)=C4C=NC=C[N+]34N)cc2)c1. The van der Waals surface area contributed by atoms with Crippen LogP contribution in [-0.4, -0.2) is 64.6 Å². The minimum absolute atomic E-state index is 0.0842. The van der Waals surface area contributed by atoms with Crippen molar-refractivity contribution in [3.63, 3.8) is 0 Å². The molecule has 1 saturated heterocycles. The van der Waals surface area contributed by atoms with Crippen LogP contribution in [0.25, 0.3) is 0 Å². The summed E-state index contributed by atoms with van der Waals surface area (Å²) in [7, 11) is 1.59. The van der Waals surface area contributed by atoms with E-state index in [4.69, 9.17) is 15.6 Å². The van der Waals surface area contributed by atoms with Crippen LogP contribution in [-0.2, 0) is 16.0 Å². The first-order chi connectivity index (χ1) is 18.9. The number of allylic oxidation sites excluding steroid dienone is 1. The summed E-state index contributed by atoms with van der Waals surface area (Å²) in [5, 5.41) is 2.86. The third-order valence-corrected chi connectivity index (χ3v) is 7.08. The molecular formula is C29H32N7O3+. The fraction of sp³-hybridized carbons (Fsp3) is 0.276. The summed E-state index contributed by atoms with van der Waals surface area (Å²) in [6.45, 7) is 3.06. The Hall–Kier alpha value is -4.25. The zero-order chi connectivity index (χ0) is 27.4. The summed E-state index contributed by atoms with van der Waals surface area (Å²) in [5.74, 6) is 7.67. The van der Waals surface area contributed by atoms with Gasteiger partial charge in [-0.05, 0) is 61.2 Å². The van der Waals surface area contributed by atoms with Gasteiger partial charge < -0.3 is 15.0 Å². The van der Waals surface area contributed by atoms with E-state index in [-0.39, 0.29) is 22.4 Å². The molecule has 0 saturated carbocycles. The van der Waals surface area contributed by atoms with E-state index in [2.05, 4.69) is 22.2 Å². The maximum Gasteiger partial charge on any atom is 0.264 e. The number of likely N-dealkylation sites (tertiary alicyclic amines) is 1. The van der Waals surface area contributed by atoms with Crippen molar-refractivity contribution in [2.24, 2.45) is 15.8 Å². The fourth-order valence-corrected chi connectivity index (χ4v) is 5.03. The average molecular weight is 527 g/mol. The zero-order valence-corrected chi connectivity index (χ0v) is 22.1. The minimum atomic E-state index is -0.251. The van der Waals surface area contributed by atoms with E-state index >= 15 is 0 Å². The quantitative estimate of drug-likeness (QED) is 0.310. The van der Waals surface area contributed by atoms with Crippen molar-refractivity contribution in [2.45, 2.75) is 32.2 Å². The van der Waals surface area contributed by atoms with Crippen LogP contribution < -0.4 is 11.2 Å². The predicted molar refractivity (Wildman–Crippen MR) is 149 cm³/mol. The Morgan fingerprint density at radius 3 is 2.85 bits per heavy atom. The molecule has 2 amide bonds. The number of carbonyl (C=O) groups excluding carboxylic acids is 2. The lowest BCUT2D eigenvalue weighted by Crippen LogP contribution is -2.53. The number of methoxy groups -OCH3 is 1. The molecule has 3 N–H and O–H groups in total. The second kappa shape index (κ2) is 11.2. The number of anilines is 1. The Morgan fingerprint density at radius 1 is 1.26 bits per heavy atom. The van der Waals surface area contributed by atoms with Crippen LogP contribution in [0.4, 0.5) is 5.82 Å². The number of quaternary nitrogens is 1. The maximum absolute atomic E-state index is 12.9. The molecule has 1 aromatic carbocycles. The van der Waals surface area contributed by atoms with Gasteiger partial charge in [-0.1, -0.05) is 13.0 Å². The van der Waals surface area contributed by atoms with Crippen LogP contribution in [0.3, 0.4) is 0 Å². The molecule has 0 spiro atoms. The van der Waals surface area contributed by atoms with Crippen molar-refractivity contribution >= 4 is 29.7 Å². The number of benzene rings is 1. The zero-order valence-electron chi connectivity index (χ0n) is 22.1. The van der Waals surface area contributed by atoms with Gasteiger partial charge in [0.15, 0.2) is 0 Å². The summed E-state index contributed by atoms with van der Waals surface area (Å²) in [4.78, 5) is 41.2. The molecule has 2 unspecified atom stereocenters. The highest BCUT2D eigenvalue weighted by atomic mass is 16.5. The molecule has 200 valence electrons. The van der Waals surface area contributed by atoms with Gasteiger partial charge in [-0.2, -0.15) is 10.8 Å². The summed E-state index contributed by atoms with van der Waals surface area (Å²) >= 11 is 0. The minimum Gasteiger partial charge on any atom is -0.381 e. The van der Waals surface area contributed by atoms with Gasteiger partial charge in [-0.15, -0.1) is 4.59 Å². The largest absolute Gasteiger partial charge is 0.381 e. The average Bonchev–Trinajstić information content (AvgIpc) is 3.56. The number of ether oxygens (including phenoxy) is 1. The molecule has 10 nitrogen and oxygen atoms in total. The van der Waals surface area contributed by atoms with E-state index in [0.29, 0.717) is 30.4 Å². The number of hydrogen-bond acceptors (Lipinski definition) is 7. The topological polar surface area (TPSA) is 122 Å². The summed E-state index contributed by atoms with van der Waals surface area (Å²) in [6.07, 6.45) is 12.6. The van der Waals surface area contributed by atoms with Crippen LogP contribution in [0.1, 0.15) is 41.3 Å². The predicted octanol–water partition coefficient (Wildman–Crippen LogP) is 3.31. The number of nitrogens with zero attached hydrogens (tertiary/aromatic N) is 5. The standard InChI is InChI=1S/C29H31N7O3/c1-3-20-12-13-32-25(18-20)33-29(38)22-10-8-21(9-11-22)28-34-27(24-19-31-14-16-36(24,28)30)23-6-4-15-35(23)26(37)7-5-17-39-2/h5,7-14,16,18-19,23H,3-4,6,15,17,30H2,1-2H3/p+1/b7-5+. The Bertz CT molecular complexity index is 1420. The molecule has 1 fully saturated rings. The molecule has 2 atom stereocenters. The van der Waals surface area contributed by atoms with Crippen molar-refractivity contribution in [3.05, 3.63) is 95.2 Å². The van der Waals surface area contributed by atoms with Crippen LogP contribution >= 0.6 is 0 Å². The van der Waals surface area contributed by atoms with Crippen LogP contribution in [0.15, 0.2) is 88.5 Å². The van der Waals surface area contributed by atoms with Crippen LogP contribution in [0, 0.1) is 0 Å². The molecule has 3 aliphatic rings. The molecular weight excluding hydrogens is 494 g/mol. The number of aliphatic imine (C=N–C) groups is 2. The van der Waals surface area contributed by atoms with Gasteiger partial charge in [0, 0.05) is 31.5 Å². The normalized spacial score (nSPS) is 22.0. The number of pyridine rings is 1. The van der Waals surface area contributed by atoms with E-state index in [1.54, 1.807) is 56.2 Å². The van der Waals surface area contributed by atoms with Gasteiger partial charge in [0.05, 0.1) is 30.6 Å². The Morgan fingerprint density at radius 2 is 2.08 bits per heavy atom. The molecule has 0 radical (unpaired) electrons. The van der Waals surface area contributed by atoms with E-state index in [0.717, 1.165) is 41.8 Å². The first kappa shape index (κ1) is 26.4. The molecule has 0 aliphatic carbocycles. The van der Waals surface area contributed by atoms with Gasteiger partial charge >= 0.3 is 0 Å². The molecule has 1 aromatic heterocycles. The Kier molecular flexibility index (Phi) is 7.60. The Balaban J connectivity index is 1.40. The number of amides is 2. The Labute approximate surface area is 227 Å². The van der Waals surface area contributed by atoms with Crippen molar-refractivity contribution < 1.29 is 18.9 Å². The lowest BCUT2D eigenvalue weighted by Gasteiger charge is -2.27. The summed E-state index contributed by atoms with van der Waals surface area (Å²) < 4.78 is 4.87. The molecule has 0 bridgehead atoms. The highest BCUT2D eigenvalue weighted by molar-refractivity contribution is 6.05. The number of aryl methyl sites for hydroxylation is 1. The molecule has 39 heavy (non-hydrogen) atoms. The second-order valence-corrected chi connectivity index (χ2v) is 9.54. The third kappa shape index (κ3) is 5.22. The monoisotopic (exact) mass is 526 g/mol. The number of hydrogen-bond donors (Lipinski definition) is 2. The molecule has 10 heteroatoms. The van der Waals surface area contributed by atoms with Gasteiger partial charge in [0.2, 0.25) is 11.6 Å². The second-order valence-electron chi connectivity index (χ2n) is 9.54. The van der Waals surface area contributed by atoms with E-state index in [1.807, 2.05) is 29.2 Å². The number of nitrogens with one attached hydrogen (secondary N) is 1. The van der Waals surface area contributed by atoms with Crippen LogP contribution in [0.2, 0.25) is 0 Å². The van der Waals surface area contributed by atoms with Gasteiger partial charge in [-0.25, -0.2) is 4.98 Å². The van der Waals surface area contributed by atoms with E-state index < -0.39 is 0 Å². The lowest BCUT2D eigenvalue weighted by atomic mass is 10.1. The fourth-order valence-electron chi connectivity index (χ4n) is 5.03. The lowest BCUT2D eigenvalue weighted by molar-refractivity contribution is -0.750. The highest BCUT2D eigenvalue weighted by Gasteiger charge is 2.48. The molecule has 4 heterocycles.